The van der Waals surface area contributed by atoms with Crippen LogP contribution in [0.4, 0.5) is 0 Å². The van der Waals surface area contributed by atoms with Crippen LogP contribution in [0.5, 0.6) is 0 Å². The number of carboxylic acids is 1. The lowest BCUT2D eigenvalue weighted by Crippen LogP contribution is -2.06. The van der Waals surface area contributed by atoms with Crippen molar-refractivity contribution in [1.29, 1.82) is 0 Å². The molecule has 0 radical (unpaired) electrons. The van der Waals surface area contributed by atoms with E-state index in [1.807, 2.05) is 73.7 Å². The molecule has 0 aliphatic carbocycles. The Kier molecular flexibility index (Phi) is 3.28. The van der Waals surface area contributed by atoms with Gasteiger partial charge in [-0.2, -0.15) is 0 Å². The molecule has 3 nitrogen and oxygen atoms in total. The highest BCUT2D eigenvalue weighted by atomic mass is 16.4. The van der Waals surface area contributed by atoms with Gasteiger partial charge in [-0.1, -0.05) is 60.7 Å². The van der Waals surface area contributed by atoms with E-state index in [4.69, 9.17) is 4.98 Å². The predicted octanol–water partition coefficient (Wildman–Crippen LogP) is 5.06. The van der Waals surface area contributed by atoms with Gasteiger partial charge in [-0.3, -0.25) is 0 Å². The van der Waals surface area contributed by atoms with Crippen molar-refractivity contribution in [3.05, 3.63) is 77.9 Å². The largest absolute Gasteiger partial charge is 0.478 e. The zero-order chi connectivity index (χ0) is 16.7. The van der Waals surface area contributed by atoms with Gasteiger partial charge in [0.2, 0.25) is 0 Å². The molecule has 4 rings (SSSR count). The fourth-order valence-electron chi connectivity index (χ4n) is 3.29. The summed E-state index contributed by atoms with van der Waals surface area (Å²) >= 11 is 0. The van der Waals surface area contributed by atoms with Crippen LogP contribution in [0.15, 0.2) is 66.7 Å². The van der Waals surface area contributed by atoms with E-state index in [2.05, 4.69) is 0 Å². The average molecular weight is 313 g/mol. The fraction of sp³-hybridized carbons (Fsp3) is 0.0476. The SMILES string of the molecule is Cc1c(C(=O)O)c(-c2ccccc2)nc2ccc3ccccc3c12. The summed E-state index contributed by atoms with van der Waals surface area (Å²) in [7, 11) is 0. The number of benzene rings is 3. The van der Waals surface area contributed by atoms with Crippen molar-refractivity contribution in [3.8, 4) is 11.3 Å². The number of aromatic carboxylic acids is 1. The van der Waals surface area contributed by atoms with Crippen molar-refractivity contribution >= 4 is 27.6 Å². The van der Waals surface area contributed by atoms with Gasteiger partial charge in [0.1, 0.15) is 0 Å². The molecule has 0 spiro atoms. The van der Waals surface area contributed by atoms with Crippen molar-refractivity contribution in [2.45, 2.75) is 6.92 Å². The summed E-state index contributed by atoms with van der Waals surface area (Å²) < 4.78 is 0. The molecule has 0 amide bonds. The summed E-state index contributed by atoms with van der Waals surface area (Å²) in [6, 6.07) is 21.4. The van der Waals surface area contributed by atoms with Crippen LogP contribution in [-0.4, -0.2) is 16.1 Å². The number of nitrogens with zero attached hydrogens (tertiary/aromatic N) is 1. The van der Waals surface area contributed by atoms with E-state index in [-0.39, 0.29) is 5.56 Å². The summed E-state index contributed by atoms with van der Waals surface area (Å²) in [6.07, 6.45) is 0. The van der Waals surface area contributed by atoms with Crippen LogP contribution in [0.3, 0.4) is 0 Å². The molecule has 3 heteroatoms. The maximum absolute atomic E-state index is 12.0. The first kappa shape index (κ1) is 14.4. The Morgan fingerprint density at radius 2 is 1.62 bits per heavy atom. The third-order valence-corrected chi connectivity index (χ3v) is 4.39. The lowest BCUT2D eigenvalue weighted by atomic mass is 9.94. The van der Waals surface area contributed by atoms with Crippen LogP contribution in [0.2, 0.25) is 0 Å². The monoisotopic (exact) mass is 313 g/mol. The number of pyridine rings is 1. The number of carbonyl (C=O) groups is 1. The van der Waals surface area contributed by atoms with Crippen molar-refractivity contribution in [2.75, 3.05) is 0 Å². The van der Waals surface area contributed by atoms with E-state index in [1.165, 1.54) is 0 Å². The summed E-state index contributed by atoms with van der Waals surface area (Å²) in [5.74, 6) is -0.950. The maximum atomic E-state index is 12.0. The molecule has 0 aliphatic heterocycles. The van der Waals surface area contributed by atoms with E-state index in [0.717, 1.165) is 32.8 Å². The number of carboxylic acid groups (broad SMARTS) is 1. The Bertz CT molecular complexity index is 1090. The lowest BCUT2D eigenvalue weighted by Gasteiger charge is -2.14. The number of aromatic nitrogens is 1. The number of hydrogen-bond donors (Lipinski definition) is 1. The van der Waals surface area contributed by atoms with Gasteiger partial charge in [0, 0.05) is 10.9 Å². The Morgan fingerprint density at radius 1 is 0.917 bits per heavy atom. The first-order valence-corrected chi connectivity index (χ1v) is 7.77. The smallest absolute Gasteiger partial charge is 0.338 e. The highest BCUT2D eigenvalue weighted by molar-refractivity contribution is 6.12. The number of aryl methyl sites for hydroxylation is 1. The number of fused-ring (bicyclic) bond motifs is 3. The normalized spacial score (nSPS) is 11.0. The van der Waals surface area contributed by atoms with Gasteiger partial charge >= 0.3 is 5.97 Å². The summed E-state index contributed by atoms with van der Waals surface area (Å²) in [6.45, 7) is 1.87. The Hall–Kier alpha value is -3.20. The minimum Gasteiger partial charge on any atom is -0.478 e. The minimum atomic E-state index is -0.950. The second-order valence-electron chi connectivity index (χ2n) is 5.81. The molecule has 0 fully saturated rings. The van der Waals surface area contributed by atoms with Gasteiger partial charge in [0.05, 0.1) is 16.8 Å². The molecule has 1 aromatic heterocycles. The van der Waals surface area contributed by atoms with Crippen molar-refractivity contribution < 1.29 is 9.90 Å². The van der Waals surface area contributed by atoms with Gasteiger partial charge < -0.3 is 5.11 Å². The molecule has 1 N–H and O–H groups in total. The van der Waals surface area contributed by atoms with E-state index in [1.54, 1.807) is 0 Å². The van der Waals surface area contributed by atoms with Gasteiger partial charge in [-0.15, -0.1) is 0 Å². The van der Waals surface area contributed by atoms with Crippen LogP contribution in [0, 0.1) is 6.92 Å². The van der Waals surface area contributed by atoms with Crippen LogP contribution in [0.25, 0.3) is 32.9 Å². The molecular weight excluding hydrogens is 298 g/mol. The molecule has 0 atom stereocenters. The predicted molar refractivity (Wildman–Crippen MR) is 96.4 cm³/mol. The Morgan fingerprint density at radius 3 is 2.38 bits per heavy atom. The minimum absolute atomic E-state index is 0.269. The van der Waals surface area contributed by atoms with E-state index >= 15 is 0 Å². The second-order valence-corrected chi connectivity index (χ2v) is 5.81. The zero-order valence-electron chi connectivity index (χ0n) is 13.2. The van der Waals surface area contributed by atoms with Crippen molar-refractivity contribution in [3.63, 3.8) is 0 Å². The molecule has 3 aromatic carbocycles. The van der Waals surface area contributed by atoms with Crippen LogP contribution >= 0.6 is 0 Å². The third-order valence-electron chi connectivity index (χ3n) is 4.39. The highest BCUT2D eigenvalue weighted by Gasteiger charge is 2.20. The van der Waals surface area contributed by atoms with Gasteiger partial charge in [0.25, 0.3) is 0 Å². The molecule has 0 saturated carbocycles. The van der Waals surface area contributed by atoms with Gasteiger partial charge in [-0.05, 0) is 29.3 Å². The van der Waals surface area contributed by atoms with Crippen LogP contribution in [-0.2, 0) is 0 Å². The van der Waals surface area contributed by atoms with E-state index in [9.17, 15) is 9.90 Å². The summed E-state index contributed by atoms with van der Waals surface area (Å²) in [4.78, 5) is 16.7. The quantitative estimate of drug-likeness (QED) is 0.526. The molecule has 0 bridgehead atoms. The van der Waals surface area contributed by atoms with Crippen LogP contribution in [0.1, 0.15) is 15.9 Å². The molecule has 1 heterocycles. The third kappa shape index (κ3) is 2.14. The lowest BCUT2D eigenvalue weighted by molar-refractivity contribution is 0.0697. The van der Waals surface area contributed by atoms with E-state index < -0.39 is 5.97 Å². The molecule has 0 saturated heterocycles. The molecule has 0 unspecified atom stereocenters. The molecule has 116 valence electrons. The number of hydrogen-bond acceptors (Lipinski definition) is 2. The molecule has 0 aliphatic rings. The van der Waals surface area contributed by atoms with E-state index in [0.29, 0.717) is 5.69 Å². The van der Waals surface area contributed by atoms with Gasteiger partial charge in [-0.25, -0.2) is 9.78 Å². The Labute approximate surface area is 139 Å². The van der Waals surface area contributed by atoms with Crippen molar-refractivity contribution in [2.24, 2.45) is 0 Å². The summed E-state index contributed by atoms with van der Waals surface area (Å²) in [5.41, 5.74) is 3.17. The fourth-order valence-corrected chi connectivity index (χ4v) is 3.29. The summed E-state index contributed by atoms with van der Waals surface area (Å²) in [5, 5.41) is 12.8. The Balaban J connectivity index is 2.18. The average Bonchev–Trinajstić information content (AvgIpc) is 2.61. The highest BCUT2D eigenvalue weighted by Crippen LogP contribution is 2.33. The standard InChI is InChI=1S/C21H15NO2/c1-13-18-16-10-6-5-7-14(16)11-12-17(18)22-20(19(13)21(23)24)15-8-3-2-4-9-15/h2-12H,1H3,(H,23,24). The number of rotatable bonds is 2. The second kappa shape index (κ2) is 5.46. The molecule has 24 heavy (non-hydrogen) atoms. The first-order valence-electron chi connectivity index (χ1n) is 7.77. The van der Waals surface area contributed by atoms with Crippen molar-refractivity contribution in [1.82, 2.24) is 4.98 Å². The zero-order valence-corrected chi connectivity index (χ0v) is 13.2. The first-order chi connectivity index (χ1) is 11.7. The topological polar surface area (TPSA) is 50.2 Å². The van der Waals surface area contributed by atoms with Crippen LogP contribution < -0.4 is 0 Å². The molecule has 4 aromatic rings. The van der Waals surface area contributed by atoms with Gasteiger partial charge in [0.15, 0.2) is 0 Å². The molecular formula is C21H15NO2. The maximum Gasteiger partial charge on any atom is 0.338 e.